The van der Waals surface area contributed by atoms with Gasteiger partial charge in [-0.1, -0.05) is 0 Å². The van der Waals surface area contributed by atoms with Crippen LogP contribution in [0.4, 0.5) is 0 Å². The zero-order valence-electron chi connectivity index (χ0n) is 12.9. The summed E-state index contributed by atoms with van der Waals surface area (Å²) in [6.07, 6.45) is 5.30. The Hall–Kier alpha value is -0.630. The Morgan fingerprint density at radius 1 is 1.53 bits per heavy atom. The van der Waals surface area contributed by atoms with E-state index in [1.54, 1.807) is 7.11 Å². The van der Waals surface area contributed by atoms with E-state index in [-0.39, 0.29) is 5.54 Å². The highest BCUT2D eigenvalue weighted by atomic mass is 16.5. The molecule has 0 amide bonds. The molecular formula is C15H29N3O. The predicted octanol–water partition coefficient (Wildman–Crippen LogP) is 2.16. The van der Waals surface area contributed by atoms with Crippen LogP contribution in [-0.4, -0.2) is 49.8 Å². The largest absolute Gasteiger partial charge is 0.385 e. The van der Waals surface area contributed by atoms with Gasteiger partial charge in [-0.25, -0.2) is 0 Å². The first-order chi connectivity index (χ1) is 9.03. The van der Waals surface area contributed by atoms with Gasteiger partial charge in [0, 0.05) is 32.3 Å². The van der Waals surface area contributed by atoms with Crippen molar-refractivity contribution in [2.45, 2.75) is 63.6 Å². The van der Waals surface area contributed by atoms with E-state index >= 15 is 0 Å². The second-order valence-corrected chi connectivity index (χ2v) is 6.07. The van der Waals surface area contributed by atoms with Crippen molar-refractivity contribution in [3.05, 3.63) is 0 Å². The van der Waals surface area contributed by atoms with E-state index < -0.39 is 0 Å². The molecule has 1 saturated carbocycles. The predicted molar refractivity (Wildman–Crippen MR) is 78.0 cm³/mol. The third kappa shape index (κ3) is 5.10. The van der Waals surface area contributed by atoms with Crippen molar-refractivity contribution in [1.29, 1.82) is 5.26 Å². The number of rotatable bonds is 7. The van der Waals surface area contributed by atoms with E-state index in [2.05, 4.69) is 37.2 Å². The van der Waals surface area contributed by atoms with Crippen molar-refractivity contribution in [1.82, 2.24) is 10.2 Å². The maximum absolute atomic E-state index is 9.55. The number of nitrogens with one attached hydrogen (secondary N) is 1. The van der Waals surface area contributed by atoms with E-state index in [0.29, 0.717) is 12.1 Å². The third-order valence-corrected chi connectivity index (χ3v) is 3.99. The average Bonchev–Trinajstić information content (AvgIpc) is 2.38. The van der Waals surface area contributed by atoms with Crippen molar-refractivity contribution in [2.24, 2.45) is 0 Å². The van der Waals surface area contributed by atoms with Crippen LogP contribution in [0.3, 0.4) is 0 Å². The lowest BCUT2D eigenvalue weighted by atomic mass is 9.79. The van der Waals surface area contributed by atoms with Crippen molar-refractivity contribution < 1.29 is 4.74 Å². The SMILES string of the molecule is COCCCN(C)C1CCCC(C#N)(NC(C)C)C1. The molecule has 19 heavy (non-hydrogen) atoms. The summed E-state index contributed by atoms with van der Waals surface area (Å²) < 4.78 is 5.10. The summed E-state index contributed by atoms with van der Waals surface area (Å²) in [6.45, 7) is 6.09. The number of nitriles is 1. The van der Waals surface area contributed by atoms with Gasteiger partial charge in [0.1, 0.15) is 5.54 Å². The first kappa shape index (κ1) is 16.4. The number of ether oxygens (including phenoxy) is 1. The highest BCUT2D eigenvalue weighted by molar-refractivity contribution is 5.11. The van der Waals surface area contributed by atoms with Gasteiger partial charge < -0.3 is 9.64 Å². The summed E-state index contributed by atoms with van der Waals surface area (Å²) in [4.78, 5) is 2.40. The third-order valence-electron chi connectivity index (χ3n) is 3.99. The molecule has 0 spiro atoms. The van der Waals surface area contributed by atoms with Gasteiger partial charge in [-0.3, -0.25) is 5.32 Å². The summed E-state index contributed by atoms with van der Waals surface area (Å²) in [7, 11) is 3.91. The van der Waals surface area contributed by atoms with Gasteiger partial charge in [-0.15, -0.1) is 0 Å². The summed E-state index contributed by atoms with van der Waals surface area (Å²) in [5, 5.41) is 13.0. The fraction of sp³-hybridized carbons (Fsp3) is 0.933. The molecule has 0 aliphatic heterocycles. The highest BCUT2D eigenvalue weighted by Crippen LogP contribution is 2.31. The first-order valence-corrected chi connectivity index (χ1v) is 7.41. The van der Waals surface area contributed by atoms with Crippen LogP contribution in [0.2, 0.25) is 0 Å². The van der Waals surface area contributed by atoms with Crippen LogP contribution in [0.25, 0.3) is 0 Å². The van der Waals surface area contributed by atoms with E-state index in [4.69, 9.17) is 4.74 Å². The number of hydrogen-bond acceptors (Lipinski definition) is 4. The zero-order chi connectivity index (χ0) is 14.3. The lowest BCUT2D eigenvalue weighted by molar-refractivity contribution is 0.122. The molecule has 0 aromatic rings. The monoisotopic (exact) mass is 267 g/mol. The van der Waals surface area contributed by atoms with Crippen LogP contribution < -0.4 is 5.32 Å². The molecule has 0 bridgehead atoms. The molecule has 4 nitrogen and oxygen atoms in total. The highest BCUT2D eigenvalue weighted by Gasteiger charge is 2.37. The molecule has 0 aromatic carbocycles. The van der Waals surface area contributed by atoms with Crippen LogP contribution in [0, 0.1) is 11.3 Å². The van der Waals surface area contributed by atoms with Crippen molar-refractivity contribution in [2.75, 3.05) is 27.3 Å². The number of nitrogens with zero attached hydrogens (tertiary/aromatic N) is 2. The van der Waals surface area contributed by atoms with Gasteiger partial charge >= 0.3 is 0 Å². The second kappa shape index (κ2) is 7.84. The van der Waals surface area contributed by atoms with Crippen molar-refractivity contribution in [3.63, 3.8) is 0 Å². The molecule has 1 rings (SSSR count). The van der Waals surface area contributed by atoms with Gasteiger partial charge in [0.2, 0.25) is 0 Å². The van der Waals surface area contributed by atoms with E-state index in [1.807, 2.05) is 0 Å². The standard InChI is InChI=1S/C15H29N3O/c1-13(2)17-15(12-16)8-5-7-14(11-15)18(3)9-6-10-19-4/h13-14,17H,5-11H2,1-4H3. The Bertz CT molecular complexity index is 300. The van der Waals surface area contributed by atoms with Gasteiger partial charge in [-0.2, -0.15) is 5.26 Å². The van der Waals surface area contributed by atoms with E-state index in [1.165, 1.54) is 6.42 Å². The van der Waals surface area contributed by atoms with Crippen molar-refractivity contribution in [3.8, 4) is 6.07 Å². The molecule has 0 heterocycles. The summed E-state index contributed by atoms with van der Waals surface area (Å²) >= 11 is 0. The van der Waals surface area contributed by atoms with Crippen LogP contribution in [0.5, 0.6) is 0 Å². The molecule has 110 valence electrons. The molecule has 0 aromatic heterocycles. The topological polar surface area (TPSA) is 48.3 Å². The summed E-state index contributed by atoms with van der Waals surface area (Å²) in [6, 6.07) is 3.41. The Labute approximate surface area is 118 Å². The maximum atomic E-state index is 9.55. The molecule has 4 heteroatoms. The maximum Gasteiger partial charge on any atom is 0.108 e. The van der Waals surface area contributed by atoms with Gasteiger partial charge in [0.25, 0.3) is 0 Å². The van der Waals surface area contributed by atoms with E-state index in [9.17, 15) is 5.26 Å². The normalized spacial score (nSPS) is 27.7. The molecule has 0 radical (unpaired) electrons. The molecule has 1 aliphatic rings. The van der Waals surface area contributed by atoms with Crippen LogP contribution in [-0.2, 0) is 4.74 Å². The summed E-state index contributed by atoms with van der Waals surface area (Å²) in [5.41, 5.74) is -0.327. The molecule has 1 fully saturated rings. The molecule has 2 atom stereocenters. The zero-order valence-corrected chi connectivity index (χ0v) is 12.9. The average molecular weight is 267 g/mol. The second-order valence-electron chi connectivity index (χ2n) is 6.07. The molecule has 0 saturated heterocycles. The quantitative estimate of drug-likeness (QED) is 0.718. The molecular weight excluding hydrogens is 238 g/mol. The Morgan fingerprint density at radius 2 is 2.26 bits per heavy atom. The Morgan fingerprint density at radius 3 is 2.84 bits per heavy atom. The lowest BCUT2D eigenvalue weighted by Crippen LogP contribution is -2.54. The Balaban J connectivity index is 2.54. The molecule has 1 aliphatic carbocycles. The number of methoxy groups -OCH3 is 1. The molecule has 2 unspecified atom stereocenters. The van der Waals surface area contributed by atoms with E-state index in [0.717, 1.165) is 38.8 Å². The van der Waals surface area contributed by atoms with Gasteiger partial charge in [-0.05, 0) is 53.0 Å². The Kier molecular flexibility index (Phi) is 6.78. The van der Waals surface area contributed by atoms with Gasteiger partial charge in [0.15, 0.2) is 0 Å². The fourth-order valence-corrected chi connectivity index (χ4v) is 3.08. The lowest BCUT2D eigenvalue weighted by Gasteiger charge is -2.41. The van der Waals surface area contributed by atoms with Crippen molar-refractivity contribution >= 4 is 0 Å². The summed E-state index contributed by atoms with van der Waals surface area (Å²) in [5.74, 6) is 0. The van der Waals surface area contributed by atoms with Crippen LogP contribution in [0.15, 0.2) is 0 Å². The first-order valence-electron chi connectivity index (χ1n) is 7.41. The minimum absolute atomic E-state index is 0.327. The minimum atomic E-state index is -0.327. The van der Waals surface area contributed by atoms with Crippen LogP contribution >= 0.6 is 0 Å². The smallest absolute Gasteiger partial charge is 0.108 e. The minimum Gasteiger partial charge on any atom is -0.385 e. The number of hydrogen-bond donors (Lipinski definition) is 1. The van der Waals surface area contributed by atoms with Crippen LogP contribution in [0.1, 0.15) is 46.0 Å². The molecule has 1 N–H and O–H groups in total. The fourth-order valence-electron chi connectivity index (χ4n) is 3.08. The van der Waals surface area contributed by atoms with Gasteiger partial charge in [0.05, 0.1) is 6.07 Å².